The van der Waals surface area contributed by atoms with Gasteiger partial charge < -0.3 is 10.6 Å². The Morgan fingerprint density at radius 3 is 3.00 bits per heavy atom. The van der Waals surface area contributed by atoms with E-state index in [9.17, 15) is 14.9 Å². The molecule has 7 nitrogen and oxygen atoms in total. The van der Waals surface area contributed by atoms with Gasteiger partial charge in [0.2, 0.25) is 0 Å². The summed E-state index contributed by atoms with van der Waals surface area (Å²) in [6, 6.07) is 1.17. The third-order valence-electron chi connectivity index (χ3n) is 3.97. The molecule has 0 saturated carbocycles. The zero-order valence-electron chi connectivity index (χ0n) is 11.7. The quantitative estimate of drug-likeness (QED) is 0.520. The van der Waals surface area contributed by atoms with Gasteiger partial charge in [-0.15, -0.1) is 0 Å². The molecular formula is C13H17ClN4O3. The van der Waals surface area contributed by atoms with E-state index in [0.717, 1.165) is 12.6 Å². The molecule has 21 heavy (non-hydrogen) atoms. The molecule has 2 heterocycles. The molecule has 1 aliphatic heterocycles. The van der Waals surface area contributed by atoms with Crippen molar-refractivity contribution in [3.63, 3.8) is 0 Å². The van der Waals surface area contributed by atoms with Crippen LogP contribution in [0.2, 0.25) is 5.15 Å². The topological polar surface area (TPSA) is 102 Å². The first-order valence-corrected chi connectivity index (χ1v) is 7.11. The fraction of sp³-hybridized carbons (Fsp3) is 0.538. The molecule has 1 aliphatic rings. The zero-order valence-corrected chi connectivity index (χ0v) is 12.4. The second-order valence-corrected chi connectivity index (χ2v) is 5.66. The van der Waals surface area contributed by atoms with Crippen LogP contribution in [0.3, 0.4) is 0 Å². The van der Waals surface area contributed by atoms with Gasteiger partial charge >= 0.3 is 0 Å². The van der Waals surface area contributed by atoms with E-state index < -0.39 is 4.92 Å². The highest BCUT2D eigenvalue weighted by Crippen LogP contribution is 2.26. The van der Waals surface area contributed by atoms with Gasteiger partial charge in [-0.3, -0.25) is 14.9 Å². The Morgan fingerprint density at radius 2 is 2.38 bits per heavy atom. The lowest BCUT2D eigenvalue weighted by atomic mass is 9.87. The van der Waals surface area contributed by atoms with E-state index >= 15 is 0 Å². The fourth-order valence-corrected chi connectivity index (χ4v) is 2.68. The summed E-state index contributed by atoms with van der Waals surface area (Å²) >= 11 is 5.91. The van der Waals surface area contributed by atoms with Crippen molar-refractivity contribution in [3.8, 4) is 0 Å². The summed E-state index contributed by atoms with van der Waals surface area (Å²) in [5.41, 5.74) is 5.54. The highest BCUT2D eigenvalue weighted by Gasteiger charge is 2.30. The van der Waals surface area contributed by atoms with Crippen LogP contribution in [-0.4, -0.2) is 40.3 Å². The van der Waals surface area contributed by atoms with Crippen molar-refractivity contribution in [1.29, 1.82) is 0 Å². The van der Waals surface area contributed by atoms with Gasteiger partial charge in [0.25, 0.3) is 11.6 Å². The molecule has 2 N–H and O–H groups in total. The lowest BCUT2D eigenvalue weighted by molar-refractivity contribution is -0.385. The van der Waals surface area contributed by atoms with E-state index in [1.165, 1.54) is 6.07 Å². The number of amides is 1. The standard InChI is InChI=1S/C13H17ClN4O3/c1-8-2-3-17(7-9(8)5-15)13(19)11-4-10(18(20)21)6-16-12(11)14/h4,6,8-9H,2-3,5,7,15H2,1H3. The summed E-state index contributed by atoms with van der Waals surface area (Å²) in [7, 11) is 0. The Kier molecular flexibility index (Phi) is 4.74. The maximum absolute atomic E-state index is 12.5. The summed E-state index contributed by atoms with van der Waals surface area (Å²) in [6.45, 7) is 3.75. The molecule has 8 heteroatoms. The number of piperidine rings is 1. The third-order valence-corrected chi connectivity index (χ3v) is 4.27. The first-order chi connectivity index (χ1) is 9.93. The van der Waals surface area contributed by atoms with Crippen LogP contribution in [0.4, 0.5) is 5.69 Å². The Bertz CT molecular complexity index is 566. The summed E-state index contributed by atoms with van der Waals surface area (Å²) in [6.07, 6.45) is 1.90. The number of aromatic nitrogens is 1. The summed E-state index contributed by atoms with van der Waals surface area (Å²) in [5, 5.41) is 10.8. The number of rotatable bonds is 3. The van der Waals surface area contributed by atoms with Gasteiger partial charge in [-0.1, -0.05) is 18.5 Å². The van der Waals surface area contributed by atoms with E-state index in [1.807, 2.05) is 0 Å². The number of hydrogen-bond donors (Lipinski definition) is 1. The highest BCUT2D eigenvalue weighted by atomic mass is 35.5. The van der Waals surface area contributed by atoms with Crippen LogP contribution in [0.25, 0.3) is 0 Å². The summed E-state index contributed by atoms with van der Waals surface area (Å²) in [4.78, 5) is 28.1. The molecular weight excluding hydrogens is 296 g/mol. The van der Waals surface area contributed by atoms with Crippen molar-refractivity contribution in [2.24, 2.45) is 17.6 Å². The van der Waals surface area contributed by atoms with Crippen molar-refractivity contribution in [2.75, 3.05) is 19.6 Å². The first kappa shape index (κ1) is 15.7. The lowest BCUT2D eigenvalue weighted by Crippen LogP contribution is -2.45. The van der Waals surface area contributed by atoms with Gasteiger partial charge in [-0.25, -0.2) is 4.98 Å². The predicted molar refractivity (Wildman–Crippen MR) is 78.1 cm³/mol. The van der Waals surface area contributed by atoms with Gasteiger partial charge in [0, 0.05) is 19.2 Å². The van der Waals surface area contributed by atoms with Gasteiger partial charge in [-0.05, 0) is 24.8 Å². The van der Waals surface area contributed by atoms with Gasteiger partial charge in [-0.2, -0.15) is 0 Å². The van der Waals surface area contributed by atoms with Crippen molar-refractivity contribution >= 4 is 23.2 Å². The minimum Gasteiger partial charge on any atom is -0.338 e. The third kappa shape index (κ3) is 3.30. The predicted octanol–water partition coefficient (Wildman–Crippen LogP) is 1.70. The maximum atomic E-state index is 12.5. The minimum absolute atomic E-state index is 0.0199. The number of nitrogens with two attached hydrogens (primary N) is 1. The van der Waals surface area contributed by atoms with E-state index in [2.05, 4.69) is 11.9 Å². The first-order valence-electron chi connectivity index (χ1n) is 6.73. The molecule has 1 saturated heterocycles. The molecule has 1 aromatic heterocycles. The molecule has 114 valence electrons. The molecule has 1 fully saturated rings. The highest BCUT2D eigenvalue weighted by molar-refractivity contribution is 6.32. The fourth-order valence-electron chi connectivity index (χ4n) is 2.50. The zero-order chi connectivity index (χ0) is 15.6. The number of likely N-dealkylation sites (tertiary alicyclic amines) is 1. The van der Waals surface area contributed by atoms with Crippen molar-refractivity contribution < 1.29 is 9.72 Å². The number of nitro groups is 1. The minimum atomic E-state index is -0.596. The van der Waals surface area contributed by atoms with Crippen molar-refractivity contribution in [3.05, 3.63) is 33.1 Å². The molecule has 0 bridgehead atoms. The number of carbonyl (C=O) groups excluding carboxylic acids is 1. The Hall–Kier alpha value is -1.73. The Morgan fingerprint density at radius 1 is 1.67 bits per heavy atom. The molecule has 0 spiro atoms. The summed E-state index contributed by atoms with van der Waals surface area (Å²) in [5.74, 6) is 0.354. The monoisotopic (exact) mass is 312 g/mol. The Balaban J connectivity index is 2.24. The van der Waals surface area contributed by atoms with E-state index in [4.69, 9.17) is 17.3 Å². The lowest BCUT2D eigenvalue weighted by Gasteiger charge is -2.36. The number of halogens is 1. The second-order valence-electron chi connectivity index (χ2n) is 5.30. The normalized spacial score (nSPS) is 22.1. The Labute approximate surface area is 127 Å². The van der Waals surface area contributed by atoms with E-state index in [-0.39, 0.29) is 28.2 Å². The van der Waals surface area contributed by atoms with Crippen LogP contribution in [0, 0.1) is 22.0 Å². The van der Waals surface area contributed by atoms with Gasteiger partial charge in [0.15, 0.2) is 0 Å². The SMILES string of the molecule is CC1CCN(C(=O)c2cc([N+](=O)[O-])cnc2Cl)CC1CN. The molecule has 0 aromatic carbocycles. The summed E-state index contributed by atoms with van der Waals surface area (Å²) < 4.78 is 0. The second kappa shape index (κ2) is 6.36. The van der Waals surface area contributed by atoms with Gasteiger partial charge in [0.05, 0.1) is 10.5 Å². The van der Waals surface area contributed by atoms with Crippen LogP contribution < -0.4 is 5.73 Å². The number of pyridine rings is 1. The largest absolute Gasteiger partial charge is 0.338 e. The molecule has 2 unspecified atom stereocenters. The van der Waals surface area contributed by atoms with Crippen molar-refractivity contribution in [2.45, 2.75) is 13.3 Å². The molecule has 0 radical (unpaired) electrons. The van der Waals surface area contributed by atoms with Crippen LogP contribution in [0.1, 0.15) is 23.7 Å². The van der Waals surface area contributed by atoms with Crippen LogP contribution in [0.5, 0.6) is 0 Å². The molecule has 1 aromatic rings. The van der Waals surface area contributed by atoms with Crippen LogP contribution >= 0.6 is 11.6 Å². The number of nitrogens with zero attached hydrogens (tertiary/aromatic N) is 3. The molecule has 2 rings (SSSR count). The van der Waals surface area contributed by atoms with Crippen LogP contribution in [0.15, 0.2) is 12.3 Å². The van der Waals surface area contributed by atoms with Crippen LogP contribution in [-0.2, 0) is 0 Å². The van der Waals surface area contributed by atoms with E-state index in [0.29, 0.717) is 25.6 Å². The molecule has 0 aliphatic carbocycles. The maximum Gasteiger partial charge on any atom is 0.288 e. The number of carbonyl (C=O) groups is 1. The average molecular weight is 313 g/mol. The van der Waals surface area contributed by atoms with E-state index in [1.54, 1.807) is 4.90 Å². The van der Waals surface area contributed by atoms with Crippen molar-refractivity contribution in [1.82, 2.24) is 9.88 Å². The number of hydrogen-bond acceptors (Lipinski definition) is 5. The average Bonchev–Trinajstić information content (AvgIpc) is 2.47. The molecule has 2 atom stereocenters. The van der Waals surface area contributed by atoms with Gasteiger partial charge in [0.1, 0.15) is 11.3 Å². The molecule has 1 amide bonds. The smallest absolute Gasteiger partial charge is 0.288 e.